The molecule has 0 saturated heterocycles. The molecular formula is C16H21F3N4. The molecule has 0 bridgehead atoms. The fourth-order valence-corrected chi connectivity index (χ4v) is 2.50. The van der Waals surface area contributed by atoms with Crippen molar-refractivity contribution >= 4 is 5.69 Å². The molecule has 1 aromatic carbocycles. The number of nitrogens with zero attached hydrogens (tertiary/aromatic N) is 4. The van der Waals surface area contributed by atoms with Gasteiger partial charge in [0.05, 0.1) is 6.54 Å². The molecule has 4 nitrogen and oxygen atoms in total. The fraction of sp³-hybridized carbons (Fsp3) is 0.438. The lowest BCUT2D eigenvalue weighted by molar-refractivity contribution is -0.141. The first-order chi connectivity index (χ1) is 10.8. The van der Waals surface area contributed by atoms with Gasteiger partial charge in [-0.25, -0.2) is 4.98 Å². The summed E-state index contributed by atoms with van der Waals surface area (Å²) in [6, 6.07) is 7.97. The molecule has 0 spiro atoms. The van der Waals surface area contributed by atoms with Crippen molar-refractivity contribution in [1.82, 2.24) is 14.5 Å². The molecular weight excluding hydrogens is 305 g/mol. The maximum Gasteiger partial charge on any atom is 0.406 e. The number of para-hydroxylation sites is 1. The highest BCUT2D eigenvalue weighted by molar-refractivity contribution is 5.52. The summed E-state index contributed by atoms with van der Waals surface area (Å²) in [5.74, 6) is 0.409. The predicted molar refractivity (Wildman–Crippen MR) is 84.2 cm³/mol. The van der Waals surface area contributed by atoms with Crippen molar-refractivity contribution in [2.24, 2.45) is 0 Å². The monoisotopic (exact) mass is 326 g/mol. The zero-order chi connectivity index (χ0) is 17.0. The lowest BCUT2D eigenvalue weighted by atomic mass is 10.1. The summed E-state index contributed by atoms with van der Waals surface area (Å²) < 4.78 is 38.8. The maximum atomic E-state index is 12.6. The van der Waals surface area contributed by atoms with Gasteiger partial charge in [0.1, 0.15) is 12.4 Å². The van der Waals surface area contributed by atoms with Gasteiger partial charge in [0, 0.05) is 38.7 Å². The van der Waals surface area contributed by atoms with Gasteiger partial charge in [0.2, 0.25) is 0 Å². The smallest absolute Gasteiger partial charge is 0.377 e. The number of halogens is 3. The second kappa shape index (κ2) is 7.04. The van der Waals surface area contributed by atoms with E-state index in [1.165, 1.54) is 12.4 Å². The molecule has 0 saturated carbocycles. The quantitative estimate of drug-likeness (QED) is 0.815. The largest absolute Gasteiger partial charge is 0.406 e. The number of imidazole rings is 1. The zero-order valence-corrected chi connectivity index (χ0v) is 13.5. The van der Waals surface area contributed by atoms with Gasteiger partial charge >= 0.3 is 6.18 Å². The van der Waals surface area contributed by atoms with E-state index in [4.69, 9.17) is 0 Å². The Morgan fingerprint density at radius 1 is 1.09 bits per heavy atom. The molecule has 0 fully saturated rings. The van der Waals surface area contributed by atoms with E-state index in [0.717, 1.165) is 15.8 Å². The molecule has 2 aromatic rings. The van der Waals surface area contributed by atoms with E-state index in [0.29, 0.717) is 18.9 Å². The van der Waals surface area contributed by atoms with Crippen molar-refractivity contribution in [3.05, 3.63) is 48.0 Å². The van der Waals surface area contributed by atoms with E-state index in [9.17, 15) is 13.2 Å². The molecule has 2 rings (SSSR count). The van der Waals surface area contributed by atoms with Crippen molar-refractivity contribution in [2.45, 2.75) is 25.8 Å². The van der Waals surface area contributed by atoms with Crippen LogP contribution < -0.4 is 4.90 Å². The minimum Gasteiger partial charge on any atom is -0.377 e. The highest BCUT2D eigenvalue weighted by Crippen LogP contribution is 2.21. The molecule has 126 valence electrons. The normalized spacial score (nSPS) is 12.0. The van der Waals surface area contributed by atoms with Crippen LogP contribution in [-0.4, -0.2) is 41.8 Å². The number of anilines is 1. The van der Waals surface area contributed by atoms with Crippen molar-refractivity contribution in [3.8, 4) is 0 Å². The van der Waals surface area contributed by atoms with Gasteiger partial charge in [-0.2, -0.15) is 13.2 Å². The average Bonchev–Trinajstić information content (AvgIpc) is 2.84. The number of hydrogen-bond acceptors (Lipinski definition) is 3. The number of aromatic nitrogens is 2. The van der Waals surface area contributed by atoms with Crippen LogP contribution in [-0.2, 0) is 19.6 Å². The first-order valence-corrected chi connectivity index (χ1v) is 7.27. The van der Waals surface area contributed by atoms with Crippen molar-refractivity contribution in [2.75, 3.05) is 26.0 Å². The molecule has 0 N–H and O–H groups in total. The maximum absolute atomic E-state index is 12.6. The Morgan fingerprint density at radius 2 is 1.78 bits per heavy atom. The Balaban J connectivity index is 2.06. The van der Waals surface area contributed by atoms with Crippen LogP contribution in [0.4, 0.5) is 18.9 Å². The molecule has 7 heteroatoms. The van der Waals surface area contributed by atoms with Gasteiger partial charge in [-0.1, -0.05) is 18.2 Å². The first-order valence-electron chi connectivity index (χ1n) is 7.27. The Morgan fingerprint density at radius 3 is 2.43 bits per heavy atom. The lowest BCUT2D eigenvalue weighted by Crippen LogP contribution is -2.24. The summed E-state index contributed by atoms with van der Waals surface area (Å²) in [6.45, 7) is -0.0253. The van der Waals surface area contributed by atoms with Crippen LogP contribution in [0, 0.1) is 0 Å². The van der Waals surface area contributed by atoms with Crippen LogP contribution in [0.1, 0.15) is 11.4 Å². The summed E-state index contributed by atoms with van der Waals surface area (Å²) in [6.07, 6.45) is -1.47. The minimum atomic E-state index is -4.24. The Kier molecular flexibility index (Phi) is 5.30. The van der Waals surface area contributed by atoms with Gasteiger partial charge in [0.25, 0.3) is 0 Å². The standard InChI is InChI=1S/C16H21F3N4/c1-21(2)14-7-5-4-6-13(14)10-22(3)11-15-20-8-9-23(15)12-16(17,18)19/h4-9H,10-12H2,1-3H3. The second-order valence-corrected chi connectivity index (χ2v) is 5.78. The van der Waals surface area contributed by atoms with Gasteiger partial charge in [0.15, 0.2) is 0 Å². The first kappa shape index (κ1) is 17.3. The topological polar surface area (TPSA) is 24.3 Å². The third-order valence-corrected chi connectivity index (χ3v) is 3.48. The van der Waals surface area contributed by atoms with Crippen LogP contribution in [0.15, 0.2) is 36.7 Å². The van der Waals surface area contributed by atoms with Crippen LogP contribution in [0.3, 0.4) is 0 Å². The number of rotatable bonds is 6. The molecule has 0 atom stereocenters. The van der Waals surface area contributed by atoms with E-state index in [2.05, 4.69) is 4.98 Å². The molecule has 0 amide bonds. The molecule has 0 aliphatic heterocycles. The summed E-state index contributed by atoms with van der Waals surface area (Å²) in [5, 5.41) is 0. The third kappa shape index (κ3) is 4.99. The van der Waals surface area contributed by atoms with Crippen LogP contribution in [0.2, 0.25) is 0 Å². The predicted octanol–water partition coefficient (Wildman–Crippen LogP) is 3.14. The van der Waals surface area contributed by atoms with E-state index in [1.807, 2.05) is 55.2 Å². The molecule has 0 aliphatic rings. The van der Waals surface area contributed by atoms with Crippen LogP contribution in [0.5, 0.6) is 0 Å². The van der Waals surface area contributed by atoms with Gasteiger partial charge < -0.3 is 9.47 Å². The number of alkyl halides is 3. The van der Waals surface area contributed by atoms with Gasteiger partial charge in [-0.05, 0) is 18.7 Å². The Bertz CT molecular complexity index is 634. The summed E-state index contributed by atoms with van der Waals surface area (Å²) in [7, 11) is 5.81. The highest BCUT2D eigenvalue weighted by Gasteiger charge is 2.28. The van der Waals surface area contributed by atoms with Crippen molar-refractivity contribution < 1.29 is 13.2 Å². The van der Waals surface area contributed by atoms with E-state index >= 15 is 0 Å². The van der Waals surface area contributed by atoms with E-state index < -0.39 is 12.7 Å². The van der Waals surface area contributed by atoms with Crippen LogP contribution >= 0.6 is 0 Å². The second-order valence-electron chi connectivity index (χ2n) is 5.78. The van der Waals surface area contributed by atoms with Crippen molar-refractivity contribution in [1.29, 1.82) is 0 Å². The summed E-state index contributed by atoms with van der Waals surface area (Å²) in [5.41, 5.74) is 2.21. The summed E-state index contributed by atoms with van der Waals surface area (Å²) in [4.78, 5) is 8.03. The molecule has 0 radical (unpaired) electrons. The average molecular weight is 326 g/mol. The molecule has 0 aliphatic carbocycles. The van der Waals surface area contributed by atoms with Gasteiger partial charge in [-0.3, -0.25) is 4.90 Å². The Hall–Kier alpha value is -2.02. The molecule has 0 unspecified atom stereocenters. The zero-order valence-electron chi connectivity index (χ0n) is 13.5. The Labute approximate surface area is 134 Å². The van der Waals surface area contributed by atoms with Gasteiger partial charge in [-0.15, -0.1) is 0 Å². The van der Waals surface area contributed by atoms with Crippen molar-refractivity contribution in [3.63, 3.8) is 0 Å². The molecule has 1 aromatic heterocycles. The lowest BCUT2D eigenvalue weighted by Gasteiger charge is -2.22. The summed E-state index contributed by atoms with van der Waals surface area (Å²) >= 11 is 0. The highest BCUT2D eigenvalue weighted by atomic mass is 19.4. The third-order valence-electron chi connectivity index (χ3n) is 3.48. The number of hydrogen-bond donors (Lipinski definition) is 0. The fourth-order valence-electron chi connectivity index (χ4n) is 2.50. The SMILES string of the molecule is CN(Cc1ccccc1N(C)C)Cc1nccn1CC(F)(F)F. The van der Waals surface area contributed by atoms with Crippen LogP contribution in [0.25, 0.3) is 0 Å². The molecule has 1 heterocycles. The molecule has 23 heavy (non-hydrogen) atoms. The van der Waals surface area contributed by atoms with E-state index in [-0.39, 0.29) is 0 Å². The number of benzene rings is 1. The minimum absolute atomic E-state index is 0.352. The van der Waals surface area contributed by atoms with E-state index in [1.54, 1.807) is 0 Å².